The number of ether oxygens (including phenoxy) is 1. The minimum absolute atomic E-state index is 0. The number of rotatable bonds is 2. The molecule has 3 unspecified atom stereocenters. The Labute approximate surface area is 120 Å². The predicted octanol–water partition coefficient (Wildman–Crippen LogP) is 1.58. The van der Waals surface area contributed by atoms with Crippen LogP contribution in [0.15, 0.2) is 4.99 Å². The first-order valence-electron chi connectivity index (χ1n) is 6.43. The Kier molecular flexibility index (Phi) is 4.18. The summed E-state index contributed by atoms with van der Waals surface area (Å²) in [5, 5.41) is 0. The van der Waals surface area contributed by atoms with Crippen LogP contribution in [0.1, 0.15) is 32.1 Å². The molecule has 3 aliphatic rings. The zero-order chi connectivity index (χ0) is 11.1. The van der Waals surface area contributed by atoms with Crippen LogP contribution >= 0.6 is 24.0 Å². The molecule has 3 atom stereocenters. The summed E-state index contributed by atoms with van der Waals surface area (Å²) in [6, 6.07) is 1.08. The maximum absolute atomic E-state index is 6.03. The minimum Gasteiger partial charge on any atom is -0.378 e. The fraction of sp³-hybridized carbons (Fsp3) is 0.917. The number of hydrogen-bond acceptors (Lipinski definition) is 2. The molecule has 1 saturated heterocycles. The highest BCUT2D eigenvalue weighted by molar-refractivity contribution is 14.0. The van der Waals surface area contributed by atoms with Gasteiger partial charge in [-0.3, -0.25) is 0 Å². The molecule has 2 N–H and O–H groups in total. The molecule has 1 aliphatic heterocycles. The lowest BCUT2D eigenvalue weighted by Gasteiger charge is -2.45. The van der Waals surface area contributed by atoms with Crippen molar-refractivity contribution in [3.63, 3.8) is 0 Å². The number of aliphatic imine (C=N–C) groups is 1. The van der Waals surface area contributed by atoms with E-state index >= 15 is 0 Å². The van der Waals surface area contributed by atoms with Crippen LogP contribution in [-0.2, 0) is 4.74 Å². The molecule has 0 aromatic rings. The number of guanidine groups is 1. The summed E-state index contributed by atoms with van der Waals surface area (Å²) in [7, 11) is 2.06. The van der Waals surface area contributed by atoms with Gasteiger partial charge in [0.25, 0.3) is 0 Å². The number of fused-ring (bicyclic) bond motifs is 1. The van der Waals surface area contributed by atoms with E-state index < -0.39 is 0 Å². The molecule has 0 amide bonds. The fourth-order valence-corrected chi connectivity index (χ4v) is 2.82. The van der Waals surface area contributed by atoms with Crippen LogP contribution < -0.4 is 5.73 Å². The van der Waals surface area contributed by atoms with Crippen molar-refractivity contribution in [1.82, 2.24) is 4.90 Å². The van der Waals surface area contributed by atoms with Gasteiger partial charge < -0.3 is 15.4 Å². The van der Waals surface area contributed by atoms with E-state index in [-0.39, 0.29) is 24.0 Å². The van der Waals surface area contributed by atoms with Gasteiger partial charge in [-0.2, -0.15) is 0 Å². The third-order valence-electron chi connectivity index (χ3n) is 4.21. The molecule has 17 heavy (non-hydrogen) atoms. The van der Waals surface area contributed by atoms with Crippen LogP contribution in [0, 0.1) is 5.92 Å². The van der Waals surface area contributed by atoms with E-state index in [2.05, 4.69) is 16.9 Å². The molecule has 0 spiro atoms. The molecule has 0 bridgehead atoms. The number of hydrogen-bond donors (Lipinski definition) is 1. The van der Waals surface area contributed by atoms with E-state index in [1.54, 1.807) is 0 Å². The van der Waals surface area contributed by atoms with E-state index in [1.807, 2.05) is 0 Å². The second kappa shape index (κ2) is 5.30. The molecule has 2 aliphatic carbocycles. The molecule has 3 fully saturated rings. The third-order valence-corrected chi connectivity index (χ3v) is 4.21. The molecule has 3 rings (SSSR count). The highest BCUT2D eigenvalue weighted by atomic mass is 127. The van der Waals surface area contributed by atoms with Gasteiger partial charge in [0.15, 0.2) is 5.96 Å². The Bertz CT molecular complexity index is 306. The normalized spacial score (nSPS) is 36.5. The summed E-state index contributed by atoms with van der Waals surface area (Å²) in [5.41, 5.74) is 6.03. The molecule has 2 saturated carbocycles. The molecule has 4 nitrogen and oxygen atoms in total. The van der Waals surface area contributed by atoms with Crippen molar-refractivity contribution in [2.24, 2.45) is 16.6 Å². The smallest absolute Gasteiger partial charge is 0.191 e. The summed E-state index contributed by atoms with van der Waals surface area (Å²) >= 11 is 0. The Hall–Kier alpha value is -0.0400. The van der Waals surface area contributed by atoms with Gasteiger partial charge in [-0.1, -0.05) is 0 Å². The van der Waals surface area contributed by atoms with Gasteiger partial charge in [0, 0.05) is 25.6 Å². The quantitative estimate of drug-likeness (QED) is 0.467. The molecular formula is C12H22IN3O. The van der Waals surface area contributed by atoms with Crippen molar-refractivity contribution in [2.75, 3.05) is 13.7 Å². The Morgan fingerprint density at radius 1 is 1.35 bits per heavy atom. The van der Waals surface area contributed by atoms with Crippen molar-refractivity contribution in [1.29, 1.82) is 0 Å². The monoisotopic (exact) mass is 351 g/mol. The number of halogens is 1. The van der Waals surface area contributed by atoms with E-state index in [1.165, 1.54) is 25.7 Å². The van der Waals surface area contributed by atoms with E-state index in [9.17, 15) is 0 Å². The van der Waals surface area contributed by atoms with Gasteiger partial charge in [-0.25, -0.2) is 4.99 Å². The lowest BCUT2D eigenvalue weighted by atomic mass is 9.73. The number of nitrogens with zero attached hydrogens (tertiary/aromatic N) is 2. The first kappa shape index (κ1) is 13.4. The molecule has 1 heterocycles. The van der Waals surface area contributed by atoms with E-state index in [4.69, 9.17) is 10.5 Å². The van der Waals surface area contributed by atoms with Crippen LogP contribution in [0.2, 0.25) is 0 Å². The maximum Gasteiger partial charge on any atom is 0.191 e. The standard InChI is InChI=1S/C12H21N3O.HI/c1-15(8-4-5-8)12(13)14-10-7-11-9(10)3-2-6-16-11;/h8-11H,2-7H2,1H3,(H2,13,14);1H. The fourth-order valence-electron chi connectivity index (χ4n) is 2.82. The van der Waals surface area contributed by atoms with Gasteiger partial charge in [0.1, 0.15) is 0 Å². The first-order valence-corrected chi connectivity index (χ1v) is 6.43. The molecule has 0 radical (unpaired) electrons. The summed E-state index contributed by atoms with van der Waals surface area (Å²) in [4.78, 5) is 6.80. The Morgan fingerprint density at radius 3 is 2.76 bits per heavy atom. The molecule has 0 aromatic heterocycles. The Morgan fingerprint density at radius 2 is 2.12 bits per heavy atom. The van der Waals surface area contributed by atoms with E-state index in [0.717, 1.165) is 19.0 Å². The van der Waals surface area contributed by atoms with Crippen LogP contribution in [0.4, 0.5) is 0 Å². The zero-order valence-corrected chi connectivity index (χ0v) is 12.7. The SMILES string of the molecule is CN(C(N)=NC1CC2OCCCC12)C1CC1.I. The van der Waals surface area contributed by atoms with Gasteiger partial charge in [0.2, 0.25) is 0 Å². The minimum atomic E-state index is 0. The second-order valence-corrected chi connectivity index (χ2v) is 5.35. The van der Waals surface area contributed by atoms with Crippen molar-refractivity contribution < 1.29 is 4.74 Å². The summed E-state index contributed by atoms with van der Waals surface area (Å²) in [6.45, 7) is 0.940. The third kappa shape index (κ3) is 2.70. The Balaban J connectivity index is 0.00000108. The molecular weight excluding hydrogens is 329 g/mol. The molecule has 0 aromatic carbocycles. The van der Waals surface area contributed by atoms with Crippen molar-refractivity contribution in [3.8, 4) is 0 Å². The van der Waals surface area contributed by atoms with Crippen molar-refractivity contribution in [3.05, 3.63) is 0 Å². The highest BCUT2D eigenvalue weighted by Gasteiger charge is 2.43. The molecule has 98 valence electrons. The summed E-state index contributed by atoms with van der Waals surface area (Å²) < 4.78 is 5.69. The summed E-state index contributed by atoms with van der Waals surface area (Å²) in [5.74, 6) is 1.37. The molecule has 5 heteroatoms. The van der Waals surface area contributed by atoms with Crippen LogP contribution in [-0.4, -0.2) is 42.7 Å². The predicted molar refractivity (Wildman–Crippen MR) is 78.7 cm³/mol. The van der Waals surface area contributed by atoms with Gasteiger partial charge in [0.05, 0.1) is 12.1 Å². The van der Waals surface area contributed by atoms with Crippen LogP contribution in [0.3, 0.4) is 0 Å². The lowest BCUT2D eigenvalue weighted by Crippen LogP contribution is -2.50. The van der Waals surface area contributed by atoms with Crippen LogP contribution in [0.25, 0.3) is 0 Å². The van der Waals surface area contributed by atoms with Gasteiger partial charge in [-0.05, 0) is 32.1 Å². The van der Waals surface area contributed by atoms with Crippen LogP contribution in [0.5, 0.6) is 0 Å². The average Bonchev–Trinajstić information content (AvgIpc) is 3.08. The van der Waals surface area contributed by atoms with E-state index in [0.29, 0.717) is 24.1 Å². The van der Waals surface area contributed by atoms with Gasteiger partial charge >= 0.3 is 0 Å². The zero-order valence-electron chi connectivity index (χ0n) is 10.3. The lowest BCUT2D eigenvalue weighted by molar-refractivity contribution is -0.0939. The maximum atomic E-state index is 6.03. The van der Waals surface area contributed by atoms with Gasteiger partial charge in [-0.15, -0.1) is 24.0 Å². The number of nitrogens with two attached hydrogens (primary N) is 1. The van der Waals surface area contributed by atoms with Crippen molar-refractivity contribution in [2.45, 2.75) is 50.3 Å². The largest absolute Gasteiger partial charge is 0.378 e. The van der Waals surface area contributed by atoms with Crippen molar-refractivity contribution >= 4 is 29.9 Å². The average molecular weight is 351 g/mol. The highest BCUT2D eigenvalue weighted by Crippen LogP contribution is 2.40. The first-order chi connectivity index (χ1) is 7.75. The topological polar surface area (TPSA) is 50.8 Å². The summed E-state index contributed by atoms with van der Waals surface area (Å²) in [6.07, 6.45) is 6.54. The second-order valence-electron chi connectivity index (χ2n) is 5.35.